The molecule has 3 rings (SSSR count). The lowest BCUT2D eigenvalue weighted by molar-refractivity contribution is 0.0773. The van der Waals surface area contributed by atoms with E-state index >= 15 is 0 Å². The Balaban J connectivity index is 1.62. The van der Waals surface area contributed by atoms with Crippen molar-refractivity contribution in [3.05, 3.63) is 88.7 Å². The van der Waals surface area contributed by atoms with Crippen LogP contribution in [0.3, 0.4) is 0 Å². The Bertz CT molecular complexity index is 1040. The summed E-state index contributed by atoms with van der Waals surface area (Å²) in [5.41, 5.74) is 2.67. The fraction of sp³-hybridized carbons (Fsp3) is 0.208. The fourth-order valence-corrected chi connectivity index (χ4v) is 4.10. The van der Waals surface area contributed by atoms with E-state index in [-0.39, 0.29) is 11.8 Å². The van der Waals surface area contributed by atoms with Gasteiger partial charge in [-0.25, -0.2) is 0 Å². The third-order valence-corrected chi connectivity index (χ3v) is 6.15. The van der Waals surface area contributed by atoms with Crippen LogP contribution in [0, 0.1) is 0 Å². The summed E-state index contributed by atoms with van der Waals surface area (Å²) >= 11 is 8.00. The van der Waals surface area contributed by atoms with Crippen molar-refractivity contribution >= 4 is 40.9 Å². The van der Waals surface area contributed by atoms with Gasteiger partial charge in [-0.1, -0.05) is 17.7 Å². The quantitative estimate of drug-likeness (QED) is 0.440. The molecule has 1 aromatic heterocycles. The highest BCUT2D eigenvalue weighted by atomic mass is 35.5. The van der Waals surface area contributed by atoms with Crippen LogP contribution >= 0.6 is 23.4 Å². The molecule has 0 spiro atoms. The van der Waals surface area contributed by atoms with Crippen molar-refractivity contribution in [1.29, 1.82) is 0 Å². The van der Waals surface area contributed by atoms with Gasteiger partial charge in [-0.2, -0.15) is 0 Å². The maximum Gasteiger partial charge on any atom is 0.255 e. The summed E-state index contributed by atoms with van der Waals surface area (Å²) in [6.07, 6.45) is 3.60. The number of aromatic nitrogens is 1. The highest BCUT2D eigenvalue weighted by Gasteiger charge is 2.16. The Morgan fingerprint density at radius 1 is 1.06 bits per heavy atom. The van der Waals surface area contributed by atoms with Crippen molar-refractivity contribution in [3.63, 3.8) is 0 Å². The van der Waals surface area contributed by atoms with Crippen LogP contribution in [-0.2, 0) is 5.75 Å². The van der Waals surface area contributed by atoms with Gasteiger partial charge >= 0.3 is 0 Å². The lowest BCUT2D eigenvalue weighted by Crippen LogP contribution is -2.30. The van der Waals surface area contributed by atoms with E-state index in [0.29, 0.717) is 34.9 Å². The number of amides is 2. The SMILES string of the molecule is CCN(CC)C(=O)c1ccc(NC(=O)c2ccc(SCc3cccnc3)cc2)cc1Cl. The second kappa shape index (κ2) is 11.0. The molecule has 0 fully saturated rings. The van der Waals surface area contributed by atoms with Crippen LogP contribution in [-0.4, -0.2) is 34.8 Å². The van der Waals surface area contributed by atoms with Gasteiger partial charge in [0.1, 0.15) is 0 Å². The molecule has 0 aliphatic carbocycles. The van der Waals surface area contributed by atoms with E-state index < -0.39 is 0 Å². The number of nitrogens with one attached hydrogen (secondary N) is 1. The molecule has 0 unspecified atom stereocenters. The second-order valence-corrected chi connectivity index (χ2v) is 8.26. The molecule has 0 saturated carbocycles. The van der Waals surface area contributed by atoms with Crippen LogP contribution in [0.1, 0.15) is 40.1 Å². The number of pyridine rings is 1. The maximum atomic E-state index is 12.6. The molecule has 2 aromatic carbocycles. The number of hydrogen-bond acceptors (Lipinski definition) is 4. The van der Waals surface area contributed by atoms with Crippen LogP contribution < -0.4 is 5.32 Å². The van der Waals surface area contributed by atoms with Gasteiger partial charge in [-0.05, 0) is 67.9 Å². The third-order valence-electron chi connectivity index (χ3n) is 4.75. The summed E-state index contributed by atoms with van der Waals surface area (Å²) in [7, 11) is 0. The van der Waals surface area contributed by atoms with E-state index in [0.717, 1.165) is 16.2 Å². The highest BCUT2D eigenvalue weighted by Crippen LogP contribution is 2.25. The number of hydrogen-bond donors (Lipinski definition) is 1. The van der Waals surface area contributed by atoms with E-state index in [9.17, 15) is 9.59 Å². The Morgan fingerprint density at radius 3 is 2.42 bits per heavy atom. The minimum Gasteiger partial charge on any atom is -0.339 e. The smallest absolute Gasteiger partial charge is 0.255 e. The molecule has 5 nitrogen and oxygen atoms in total. The molecule has 1 N–H and O–H groups in total. The molecule has 0 aliphatic rings. The first kappa shape index (κ1) is 22.8. The Labute approximate surface area is 191 Å². The predicted molar refractivity (Wildman–Crippen MR) is 127 cm³/mol. The lowest BCUT2D eigenvalue weighted by Gasteiger charge is -2.19. The zero-order valence-electron chi connectivity index (χ0n) is 17.5. The molecule has 31 heavy (non-hydrogen) atoms. The third kappa shape index (κ3) is 6.09. The summed E-state index contributed by atoms with van der Waals surface area (Å²) in [4.78, 5) is 32.0. The summed E-state index contributed by atoms with van der Waals surface area (Å²) in [5.74, 6) is 0.464. The number of thioether (sulfide) groups is 1. The molecule has 2 amide bonds. The molecule has 0 aliphatic heterocycles. The van der Waals surface area contributed by atoms with Crippen molar-refractivity contribution in [2.24, 2.45) is 0 Å². The molecule has 160 valence electrons. The average Bonchev–Trinajstić information content (AvgIpc) is 2.79. The number of carbonyl (C=O) groups is 2. The number of halogens is 1. The molecular weight excluding hydrogens is 430 g/mol. The van der Waals surface area contributed by atoms with E-state index in [2.05, 4.69) is 10.3 Å². The topological polar surface area (TPSA) is 62.3 Å². The molecule has 7 heteroatoms. The zero-order chi connectivity index (χ0) is 22.2. The largest absolute Gasteiger partial charge is 0.339 e. The molecule has 0 saturated heterocycles. The second-order valence-electron chi connectivity index (χ2n) is 6.80. The van der Waals surface area contributed by atoms with E-state index in [1.54, 1.807) is 53.2 Å². The molecule has 1 heterocycles. The molecule has 0 atom stereocenters. The predicted octanol–water partition coefficient (Wildman–Crippen LogP) is 5.76. The minimum atomic E-state index is -0.234. The van der Waals surface area contributed by atoms with Gasteiger partial charge in [-0.15, -0.1) is 11.8 Å². The highest BCUT2D eigenvalue weighted by molar-refractivity contribution is 7.98. The van der Waals surface area contributed by atoms with Gasteiger partial charge in [0.25, 0.3) is 11.8 Å². The minimum absolute atomic E-state index is 0.118. The monoisotopic (exact) mass is 453 g/mol. The number of anilines is 1. The van der Waals surface area contributed by atoms with Crippen molar-refractivity contribution in [3.8, 4) is 0 Å². The van der Waals surface area contributed by atoms with E-state index in [4.69, 9.17) is 11.6 Å². The van der Waals surface area contributed by atoms with Crippen molar-refractivity contribution in [2.45, 2.75) is 24.5 Å². The van der Waals surface area contributed by atoms with Gasteiger partial charge in [0.05, 0.1) is 10.6 Å². The number of rotatable bonds is 8. The maximum absolute atomic E-state index is 12.6. The summed E-state index contributed by atoms with van der Waals surface area (Å²) in [6.45, 7) is 5.07. The number of nitrogens with zero attached hydrogens (tertiary/aromatic N) is 2. The Morgan fingerprint density at radius 2 is 1.81 bits per heavy atom. The lowest BCUT2D eigenvalue weighted by atomic mass is 10.1. The number of carbonyl (C=O) groups excluding carboxylic acids is 2. The zero-order valence-corrected chi connectivity index (χ0v) is 19.0. The van der Waals surface area contributed by atoms with Gasteiger partial charge in [0.15, 0.2) is 0 Å². The van der Waals surface area contributed by atoms with Crippen LogP contribution in [0.5, 0.6) is 0 Å². The normalized spacial score (nSPS) is 10.5. The van der Waals surface area contributed by atoms with Gasteiger partial charge in [0, 0.05) is 47.4 Å². The van der Waals surface area contributed by atoms with Crippen molar-refractivity contribution < 1.29 is 9.59 Å². The summed E-state index contributed by atoms with van der Waals surface area (Å²) in [5, 5.41) is 3.15. The van der Waals surface area contributed by atoms with Crippen LogP contribution in [0.2, 0.25) is 5.02 Å². The summed E-state index contributed by atoms with van der Waals surface area (Å²) in [6, 6.07) is 16.3. The molecule has 0 bridgehead atoms. The number of benzene rings is 2. The average molecular weight is 454 g/mol. The first-order valence-electron chi connectivity index (χ1n) is 10.0. The van der Waals surface area contributed by atoms with Crippen LogP contribution in [0.4, 0.5) is 5.69 Å². The molecular formula is C24H24ClN3O2S. The molecule has 0 radical (unpaired) electrons. The Kier molecular flexibility index (Phi) is 8.09. The van der Waals surface area contributed by atoms with Gasteiger partial charge in [0.2, 0.25) is 0 Å². The van der Waals surface area contributed by atoms with Gasteiger partial charge < -0.3 is 10.2 Å². The van der Waals surface area contributed by atoms with Crippen molar-refractivity contribution in [2.75, 3.05) is 18.4 Å². The van der Waals surface area contributed by atoms with E-state index in [1.165, 1.54) is 0 Å². The van der Waals surface area contributed by atoms with Crippen LogP contribution in [0.25, 0.3) is 0 Å². The van der Waals surface area contributed by atoms with Gasteiger partial charge in [-0.3, -0.25) is 14.6 Å². The Hall–Kier alpha value is -2.83. The first-order chi connectivity index (χ1) is 15.0. The molecule has 3 aromatic rings. The summed E-state index contributed by atoms with van der Waals surface area (Å²) < 4.78 is 0. The van der Waals surface area contributed by atoms with Crippen LogP contribution in [0.15, 0.2) is 71.9 Å². The standard InChI is InChI=1S/C24H24ClN3O2S/c1-3-28(4-2)24(30)21-12-9-19(14-22(21)25)27-23(29)18-7-10-20(11-8-18)31-16-17-6-5-13-26-15-17/h5-15H,3-4,16H2,1-2H3,(H,27,29). The van der Waals surface area contributed by atoms with Crippen molar-refractivity contribution in [1.82, 2.24) is 9.88 Å². The first-order valence-corrected chi connectivity index (χ1v) is 11.4. The van der Waals surface area contributed by atoms with E-state index in [1.807, 2.05) is 44.3 Å². The fourth-order valence-electron chi connectivity index (χ4n) is 3.00.